The maximum atomic E-state index is 12.6. The lowest BCUT2D eigenvalue weighted by Gasteiger charge is -2.28. The molecule has 0 bridgehead atoms. The molecule has 0 radical (unpaired) electrons. The van der Waals surface area contributed by atoms with Gasteiger partial charge in [-0.3, -0.25) is 4.79 Å². The van der Waals surface area contributed by atoms with Gasteiger partial charge in [0, 0.05) is 12.2 Å². The number of aromatic hydroxyl groups is 1. The number of amides is 1. The zero-order valence-electron chi connectivity index (χ0n) is 20.2. The molecule has 0 spiro atoms. The lowest BCUT2D eigenvalue weighted by atomic mass is 9.78. The van der Waals surface area contributed by atoms with Crippen LogP contribution in [0.4, 0.5) is 5.13 Å². The Kier molecular flexibility index (Phi) is 7.85. The molecular weight excluding hydrogens is 450 g/mol. The van der Waals surface area contributed by atoms with Crippen molar-refractivity contribution in [2.75, 3.05) is 5.32 Å². The van der Waals surface area contributed by atoms with Gasteiger partial charge in [-0.25, -0.2) is 0 Å². The van der Waals surface area contributed by atoms with Crippen molar-refractivity contribution in [1.82, 2.24) is 10.2 Å². The highest BCUT2D eigenvalue weighted by Crippen LogP contribution is 2.40. The largest absolute Gasteiger partial charge is 0.507 e. The van der Waals surface area contributed by atoms with Gasteiger partial charge < -0.3 is 10.4 Å². The maximum Gasteiger partial charge on any atom is 0.226 e. The van der Waals surface area contributed by atoms with Gasteiger partial charge in [0.05, 0.1) is 0 Å². The summed E-state index contributed by atoms with van der Waals surface area (Å²) in [6, 6.07) is 14.3. The van der Waals surface area contributed by atoms with Crippen molar-refractivity contribution < 1.29 is 9.90 Å². The first kappa shape index (κ1) is 25.2. The molecule has 1 amide bonds. The molecule has 2 aromatic carbocycles. The fourth-order valence-electron chi connectivity index (χ4n) is 3.46. The van der Waals surface area contributed by atoms with Crippen LogP contribution in [-0.4, -0.2) is 21.2 Å². The molecule has 0 saturated heterocycles. The van der Waals surface area contributed by atoms with Crippen LogP contribution in [0.5, 0.6) is 5.75 Å². The van der Waals surface area contributed by atoms with Crippen LogP contribution < -0.4 is 5.32 Å². The van der Waals surface area contributed by atoms with E-state index in [1.165, 1.54) is 16.9 Å². The van der Waals surface area contributed by atoms with Crippen LogP contribution in [0.25, 0.3) is 0 Å². The lowest BCUT2D eigenvalue weighted by Crippen LogP contribution is -2.18. The van der Waals surface area contributed by atoms with E-state index in [9.17, 15) is 9.90 Å². The third-order valence-electron chi connectivity index (χ3n) is 5.28. The Hall–Kier alpha value is -2.38. The summed E-state index contributed by atoms with van der Waals surface area (Å²) in [6.45, 7) is 12.5. The number of carbonyl (C=O) groups is 1. The van der Waals surface area contributed by atoms with Crippen molar-refractivity contribution in [2.24, 2.45) is 0 Å². The molecule has 176 valence electrons. The number of nitrogens with zero attached hydrogens (tertiary/aromatic N) is 2. The summed E-state index contributed by atoms with van der Waals surface area (Å²) in [5.41, 5.74) is 3.71. The first-order chi connectivity index (χ1) is 15.4. The quantitative estimate of drug-likeness (QED) is 0.289. The highest BCUT2D eigenvalue weighted by molar-refractivity contribution is 8.00. The predicted molar refractivity (Wildman–Crippen MR) is 138 cm³/mol. The predicted octanol–water partition coefficient (Wildman–Crippen LogP) is 6.70. The molecule has 5 nitrogen and oxygen atoms in total. The standard InChI is InChI=1S/C26H33N3O2S2/c1-25(2,3)19-14-18(15-20(22(19)31)26(4,5)6)12-13-21(30)27-23-28-29-24(33-23)32-16-17-10-8-7-9-11-17/h7-11,14-15,31H,12-13,16H2,1-6H3,(H,27,28,30). The van der Waals surface area contributed by atoms with E-state index in [1.807, 2.05) is 30.3 Å². The monoisotopic (exact) mass is 483 g/mol. The number of hydrogen-bond donors (Lipinski definition) is 2. The number of aromatic nitrogens is 2. The van der Waals surface area contributed by atoms with E-state index in [0.29, 0.717) is 23.7 Å². The molecule has 0 atom stereocenters. The van der Waals surface area contributed by atoms with E-state index < -0.39 is 0 Å². The van der Waals surface area contributed by atoms with Crippen molar-refractivity contribution in [1.29, 1.82) is 0 Å². The number of benzene rings is 2. The van der Waals surface area contributed by atoms with Gasteiger partial charge in [-0.2, -0.15) is 0 Å². The molecule has 2 N–H and O–H groups in total. The molecule has 0 aliphatic rings. The van der Waals surface area contributed by atoms with Crippen molar-refractivity contribution in [3.05, 3.63) is 64.7 Å². The Morgan fingerprint density at radius 3 is 2.15 bits per heavy atom. The fraction of sp³-hybridized carbons (Fsp3) is 0.423. The molecule has 33 heavy (non-hydrogen) atoms. The lowest BCUT2D eigenvalue weighted by molar-refractivity contribution is -0.116. The number of rotatable bonds is 7. The number of hydrogen-bond acceptors (Lipinski definition) is 6. The van der Waals surface area contributed by atoms with Crippen molar-refractivity contribution in [3.8, 4) is 5.75 Å². The third kappa shape index (κ3) is 7.05. The van der Waals surface area contributed by atoms with E-state index in [2.05, 4.69) is 69.2 Å². The number of thioether (sulfide) groups is 1. The second-order valence-electron chi connectivity index (χ2n) is 10.2. The Labute approximate surface area is 205 Å². The van der Waals surface area contributed by atoms with E-state index >= 15 is 0 Å². The number of aryl methyl sites for hydroxylation is 1. The number of nitrogens with one attached hydrogen (secondary N) is 1. The minimum atomic E-state index is -0.192. The van der Waals surface area contributed by atoms with Gasteiger partial charge in [0.2, 0.25) is 11.0 Å². The van der Waals surface area contributed by atoms with E-state index in [4.69, 9.17) is 0 Å². The van der Waals surface area contributed by atoms with Gasteiger partial charge in [-0.1, -0.05) is 107 Å². The molecular formula is C26H33N3O2S2. The Morgan fingerprint density at radius 1 is 0.970 bits per heavy atom. The van der Waals surface area contributed by atoms with Crippen LogP contribution >= 0.6 is 23.1 Å². The zero-order valence-corrected chi connectivity index (χ0v) is 21.9. The van der Waals surface area contributed by atoms with Gasteiger partial charge in [-0.15, -0.1) is 10.2 Å². The highest BCUT2D eigenvalue weighted by atomic mass is 32.2. The van der Waals surface area contributed by atoms with Crippen LogP contribution in [0.15, 0.2) is 46.8 Å². The summed E-state index contributed by atoms with van der Waals surface area (Å²) in [6.07, 6.45) is 0.927. The smallest absolute Gasteiger partial charge is 0.226 e. The number of phenols is 1. The molecule has 0 aliphatic heterocycles. The Bertz CT molecular complexity index is 1060. The number of anilines is 1. The number of phenolic OH excluding ortho intramolecular Hbond substituents is 1. The van der Waals surface area contributed by atoms with E-state index in [-0.39, 0.29) is 16.7 Å². The molecule has 0 unspecified atom stereocenters. The average molecular weight is 484 g/mol. The summed E-state index contributed by atoms with van der Waals surface area (Å²) >= 11 is 3.00. The molecule has 7 heteroatoms. The average Bonchev–Trinajstić information content (AvgIpc) is 3.17. The second kappa shape index (κ2) is 10.3. The van der Waals surface area contributed by atoms with Gasteiger partial charge in [-0.05, 0) is 39.5 Å². The van der Waals surface area contributed by atoms with Gasteiger partial charge in [0.15, 0.2) is 4.34 Å². The zero-order chi connectivity index (χ0) is 24.2. The minimum absolute atomic E-state index is 0.0894. The first-order valence-corrected chi connectivity index (χ1v) is 12.9. The summed E-state index contributed by atoms with van der Waals surface area (Å²) in [5.74, 6) is 1.09. The SMILES string of the molecule is CC(C)(C)c1cc(CCC(=O)Nc2nnc(SCc3ccccc3)s2)cc(C(C)(C)C)c1O. The van der Waals surface area contributed by atoms with Crippen LogP contribution in [-0.2, 0) is 27.8 Å². The molecule has 3 rings (SSSR count). The molecule has 0 saturated carbocycles. The van der Waals surface area contributed by atoms with Crippen molar-refractivity contribution in [2.45, 2.75) is 75.3 Å². The first-order valence-electron chi connectivity index (χ1n) is 11.1. The summed E-state index contributed by atoms with van der Waals surface area (Å²) in [5, 5.41) is 22.6. The minimum Gasteiger partial charge on any atom is -0.507 e. The Balaban J connectivity index is 1.62. The molecule has 0 fully saturated rings. The van der Waals surface area contributed by atoms with Crippen molar-refractivity contribution >= 4 is 34.1 Å². The summed E-state index contributed by atoms with van der Waals surface area (Å²) < 4.78 is 0.831. The van der Waals surface area contributed by atoms with Crippen LogP contribution in [0, 0.1) is 0 Å². The topological polar surface area (TPSA) is 75.1 Å². The molecule has 1 heterocycles. The number of carbonyl (C=O) groups excluding carboxylic acids is 1. The molecule has 1 aromatic heterocycles. The van der Waals surface area contributed by atoms with Crippen molar-refractivity contribution in [3.63, 3.8) is 0 Å². The third-order valence-corrected chi connectivity index (χ3v) is 7.33. The summed E-state index contributed by atoms with van der Waals surface area (Å²) in [7, 11) is 0. The van der Waals surface area contributed by atoms with Crippen LogP contribution in [0.3, 0.4) is 0 Å². The highest BCUT2D eigenvalue weighted by Gasteiger charge is 2.26. The summed E-state index contributed by atoms with van der Waals surface area (Å²) in [4.78, 5) is 12.6. The Morgan fingerprint density at radius 2 is 1.58 bits per heavy atom. The normalized spacial score (nSPS) is 12.1. The fourth-order valence-corrected chi connectivity index (χ4v) is 5.18. The van der Waals surface area contributed by atoms with Crippen LogP contribution in [0.2, 0.25) is 0 Å². The van der Waals surface area contributed by atoms with Crippen LogP contribution in [0.1, 0.15) is 70.2 Å². The molecule has 3 aromatic rings. The van der Waals surface area contributed by atoms with E-state index in [0.717, 1.165) is 26.8 Å². The van der Waals surface area contributed by atoms with Gasteiger partial charge >= 0.3 is 0 Å². The van der Waals surface area contributed by atoms with Gasteiger partial charge in [0.25, 0.3) is 0 Å². The molecule has 0 aliphatic carbocycles. The van der Waals surface area contributed by atoms with Gasteiger partial charge in [0.1, 0.15) is 5.75 Å². The second-order valence-corrected chi connectivity index (χ2v) is 12.4. The van der Waals surface area contributed by atoms with E-state index in [1.54, 1.807) is 11.8 Å². The maximum absolute atomic E-state index is 12.6.